The first-order valence-corrected chi connectivity index (χ1v) is 11.3. The van der Waals surface area contributed by atoms with Gasteiger partial charge < -0.3 is 19.3 Å². The summed E-state index contributed by atoms with van der Waals surface area (Å²) in [7, 11) is 0. The fraction of sp³-hybridized carbons (Fsp3) is 0.348. The number of carbonyl (C=O) groups is 1. The summed E-state index contributed by atoms with van der Waals surface area (Å²) in [5.41, 5.74) is 0.881. The number of carbonyl (C=O) groups excluding carboxylic acids is 1. The molecule has 162 valence electrons. The zero-order chi connectivity index (χ0) is 21.6. The van der Waals surface area contributed by atoms with Crippen molar-refractivity contribution in [2.24, 2.45) is 0 Å². The SMILES string of the molecule is CCOc1cccc(OC(C)C(=O)N2CCN(c3ccc(-c4cccs4)nn3)CC2)c1. The molecule has 3 heterocycles. The van der Waals surface area contributed by atoms with Gasteiger partial charge in [-0.3, -0.25) is 4.79 Å². The van der Waals surface area contributed by atoms with Gasteiger partial charge in [-0.1, -0.05) is 12.1 Å². The molecule has 1 saturated heterocycles. The molecule has 1 aromatic carbocycles. The number of nitrogens with zero attached hydrogens (tertiary/aromatic N) is 4. The molecule has 0 bridgehead atoms. The summed E-state index contributed by atoms with van der Waals surface area (Å²) < 4.78 is 11.4. The van der Waals surface area contributed by atoms with Crippen LogP contribution in [0.3, 0.4) is 0 Å². The summed E-state index contributed by atoms with van der Waals surface area (Å²) in [5, 5.41) is 10.8. The number of aromatic nitrogens is 2. The molecule has 1 unspecified atom stereocenters. The Morgan fingerprint density at radius 2 is 1.87 bits per heavy atom. The number of thiophene rings is 1. The number of ether oxygens (including phenoxy) is 2. The Morgan fingerprint density at radius 3 is 2.55 bits per heavy atom. The van der Waals surface area contributed by atoms with E-state index in [0.29, 0.717) is 38.5 Å². The van der Waals surface area contributed by atoms with Crippen LogP contribution in [0.15, 0.2) is 53.9 Å². The molecule has 0 aliphatic carbocycles. The minimum absolute atomic E-state index is 0.0133. The number of anilines is 1. The zero-order valence-electron chi connectivity index (χ0n) is 17.7. The summed E-state index contributed by atoms with van der Waals surface area (Å²) >= 11 is 1.65. The maximum atomic E-state index is 12.9. The van der Waals surface area contributed by atoms with E-state index in [9.17, 15) is 4.79 Å². The highest BCUT2D eigenvalue weighted by Crippen LogP contribution is 2.24. The Balaban J connectivity index is 1.30. The molecule has 7 nitrogen and oxygen atoms in total. The number of piperazine rings is 1. The van der Waals surface area contributed by atoms with Gasteiger partial charge in [0.2, 0.25) is 0 Å². The molecular weight excluding hydrogens is 412 g/mol. The minimum Gasteiger partial charge on any atom is -0.494 e. The van der Waals surface area contributed by atoms with Crippen molar-refractivity contribution in [1.29, 1.82) is 0 Å². The number of hydrogen-bond donors (Lipinski definition) is 0. The van der Waals surface area contributed by atoms with E-state index in [1.807, 2.05) is 65.7 Å². The highest BCUT2D eigenvalue weighted by Gasteiger charge is 2.26. The second-order valence-electron chi connectivity index (χ2n) is 7.23. The third-order valence-electron chi connectivity index (χ3n) is 5.12. The molecule has 1 aliphatic rings. The van der Waals surface area contributed by atoms with Crippen LogP contribution in [0.2, 0.25) is 0 Å². The standard InChI is InChI=1S/C23H26N4O3S/c1-3-29-18-6-4-7-19(16-18)30-17(2)23(28)27-13-11-26(12-14-27)22-10-9-20(24-25-22)21-8-5-15-31-21/h4-10,15-17H,3,11-14H2,1-2H3. The van der Waals surface area contributed by atoms with Crippen LogP contribution < -0.4 is 14.4 Å². The smallest absolute Gasteiger partial charge is 0.263 e. The summed E-state index contributed by atoms with van der Waals surface area (Å²) in [6, 6.07) is 15.4. The summed E-state index contributed by atoms with van der Waals surface area (Å²) in [4.78, 5) is 18.0. The van der Waals surface area contributed by atoms with Gasteiger partial charge in [-0.05, 0) is 49.6 Å². The van der Waals surface area contributed by atoms with Crippen LogP contribution in [0.1, 0.15) is 13.8 Å². The Labute approximate surface area is 186 Å². The van der Waals surface area contributed by atoms with Crippen LogP contribution in [-0.2, 0) is 4.79 Å². The molecular formula is C23H26N4O3S. The molecule has 1 aliphatic heterocycles. The number of benzene rings is 1. The molecule has 0 radical (unpaired) electrons. The average molecular weight is 439 g/mol. The Morgan fingerprint density at radius 1 is 1.06 bits per heavy atom. The van der Waals surface area contributed by atoms with Crippen molar-refractivity contribution in [3.05, 3.63) is 53.9 Å². The van der Waals surface area contributed by atoms with Crippen molar-refractivity contribution in [3.63, 3.8) is 0 Å². The highest BCUT2D eigenvalue weighted by atomic mass is 32.1. The first-order chi connectivity index (χ1) is 15.1. The maximum Gasteiger partial charge on any atom is 0.263 e. The maximum absolute atomic E-state index is 12.9. The van der Waals surface area contributed by atoms with Gasteiger partial charge in [0.05, 0.1) is 11.5 Å². The van der Waals surface area contributed by atoms with Crippen LogP contribution in [0.25, 0.3) is 10.6 Å². The predicted molar refractivity (Wildman–Crippen MR) is 122 cm³/mol. The van der Waals surface area contributed by atoms with E-state index in [1.165, 1.54) is 0 Å². The number of amides is 1. The fourth-order valence-electron chi connectivity index (χ4n) is 3.52. The third-order valence-corrected chi connectivity index (χ3v) is 6.01. The van der Waals surface area contributed by atoms with E-state index in [4.69, 9.17) is 9.47 Å². The fourth-order valence-corrected chi connectivity index (χ4v) is 4.21. The van der Waals surface area contributed by atoms with Crippen molar-refractivity contribution in [3.8, 4) is 22.1 Å². The molecule has 2 aromatic heterocycles. The molecule has 4 rings (SSSR count). The van der Waals surface area contributed by atoms with Crippen molar-refractivity contribution in [2.75, 3.05) is 37.7 Å². The first kappa shape index (κ1) is 21.1. The molecule has 3 aromatic rings. The molecule has 1 amide bonds. The van der Waals surface area contributed by atoms with E-state index in [-0.39, 0.29) is 5.91 Å². The lowest BCUT2D eigenvalue weighted by Crippen LogP contribution is -2.52. The first-order valence-electron chi connectivity index (χ1n) is 10.4. The lowest BCUT2D eigenvalue weighted by molar-refractivity contribution is -0.138. The molecule has 8 heteroatoms. The van der Waals surface area contributed by atoms with Crippen molar-refractivity contribution >= 4 is 23.1 Å². The van der Waals surface area contributed by atoms with Crippen LogP contribution in [0.5, 0.6) is 11.5 Å². The second-order valence-corrected chi connectivity index (χ2v) is 8.18. The predicted octanol–water partition coefficient (Wildman–Crippen LogP) is 3.72. The lowest BCUT2D eigenvalue weighted by atomic mass is 10.2. The van der Waals surface area contributed by atoms with Crippen LogP contribution in [0.4, 0.5) is 5.82 Å². The third kappa shape index (κ3) is 5.14. The monoisotopic (exact) mass is 438 g/mol. The Kier molecular flexibility index (Phi) is 6.66. The van der Waals surface area contributed by atoms with E-state index in [1.54, 1.807) is 18.3 Å². The highest BCUT2D eigenvalue weighted by molar-refractivity contribution is 7.13. The normalized spacial score (nSPS) is 14.9. The van der Waals surface area contributed by atoms with Crippen LogP contribution in [0, 0.1) is 0 Å². The van der Waals surface area contributed by atoms with Gasteiger partial charge in [0.25, 0.3) is 5.91 Å². The topological polar surface area (TPSA) is 67.8 Å². The largest absolute Gasteiger partial charge is 0.494 e. The van der Waals surface area contributed by atoms with Gasteiger partial charge in [-0.15, -0.1) is 21.5 Å². The minimum atomic E-state index is -0.562. The van der Waals surface area contributed by atoms with Crippen LogP contribution >= 0.6 is 11.3 Å². The van der Waals surface area contributed by atoms with Gasteiger partial charge in [-0.2, -0.15) is 0 Å². The van der Waals surface area contributed by atoms with Gasteiger partial charge in [0.1, 0.15) is 17.2 Å². The summed E-state index contributed by atoms with van der Waals surface area (Å²) in [6.07, 6.45) is -0.562. The average Bonchev–Trinajstić information content (AvgIpc) is 3.34. The summed E-state index contributed by atoms with van der Waals surface area (Å²) in [6.45, 7) is 6.99. The zero-order valence-corrected chi connectivity index (χ0v) is 18.5. The van der Waals surface area contributed by atoms with Gasteiger partial charge in [0, 0.05) is 32.2 Å². The Bertz CT molecular complexity index is 986. The van der Waals surface area contributed by atoms with E-state index < -0.39 is 6.10 Å². The number of hydrogen-bond acceptors (Lipinski definition) is 7. The van der Waals surface area contributed by atoms with Crippen molar-refractivity contribution in [1.82, 2.24) is 15.1 Å². The molecule has 0 saturated carbocycles. The second kappa shape index (κ2) is 9.78. The van der Waals surface area contributed by atoms with Crippen molar-refractivity contribution in [2.45, 2.75) is 20.0 Å². The summed E-state index contributed by atoms with van der Waals surface area (Å²) in [5.74, 6) is 2.19. The van der Waals surface area contributed by atoms with E-state index in [0.717, 1.165) is 22.1 Å². The van der Waals surface area contributed by atoms with Gasteiger partial charge in [-0.25, -0.2) is 0 Å². The molecule has 0 spiro atoms. The van der Waals surface area contributed by atoms with E-state index >= 15 is 0 Å². The molecule has 1 atom stereocenters. The van der Waals surface area contributed by atoms with Crippen molar-refractivity contribution < 1.29 is 14.3 Å². The Hall–Kier alpha value is -3.13. The van der Waals surface area contributed by atoms with Gasteiger partial charge >= 0.3 is 0 Å². The number of rotatable bonds is 7. The van der Waals surface area contributed by atoms with E-state index in [2.05, 4.69) is 15.1 Å². The quantitative estimate of drug-likeness (QED) is 0.560. The molecule has 31 heavy (non-hydrogen) atoms. The van der Waals surface area contributed by atoms with Crippen LogP contribution in [-0.4, -0.2) is 59.9 Å². The molecule has 0 N–H and O–H groups in total. The van der Waals surface area contributed by atoms with Gasteiger partial charge in [0.15, 0.2) is 11.9 Å². The lowest BCUT2D eigenvalue weighted by Gasteiger charge is -2.36. The molecule has 1 fully saturated rings.